The van der Waals surface area contributed by atoms with Crippen molar-refractivity contribution in [2.24, 2.45) is 7.05 Å². The van der Waals surface area contributed by atoms with E-state index in [0.29, 0.717) is 37.3 Å². The van der Waals surface area contributed by atoms with Crippen molar-refractivity contribution in [1.82, 2.24) is 19.6 Å². The van der Waals surface area contributed by atoms with Gasteiger partial charge in [-0.05, 0) is 30.9 Å². The molecule has 1 aliphatic rings. The lowest BCUT2D eigenvalue weighted by atomic mass is 9.99. The number of nitrogens with zero attached hydrogens (tertiary/aromatic N) is 4. The van der Waals surface area contributed by atoms with Crippen molar-refractivity contribution in [1.29, 1.82) is 0 Å². The van der Waals surface area contributed by atoms with Gasteiger partial charge in [-0.1, -0.05) is 24.3 Å². The summed E-state index contributed by atoms with van der Waals surface area (Å²) >= 11 is 0. The van der Waals surface area contributed by atoms with Crippen LogP contribution in [0.3, 0.4) is 0 Å². The lowest BCUT2D eigenvalue weighted by molar-refractivity contribution is -0.132. The molecule has 8 nitrogen and oxygen atoms in total. The number of amides is 3. The Labute approximate surface area is 176 Å². The van der Waals surface area contributed by atoms with Gasteiger partial charge in [0, 0.05) is 47.1 Å². The molecule has 0 radical (unpaired) electrons. The van der Waals surface area contributed by atoms with Gasteiger partial charge in [0.2, 0.25) is 11.8 Å². The SMILES string of the molecule is Cc1c(NC(=O)CCCC(=O)N2CCc3ccccc3C2)c(C(=O)N(C)C)nn1C. The van der Waals surface area contributed by atoms with Crippen LogP contribution in [0.15, 0.2) is 24.3 Å². The molecule has 0 unspecified atom stereocenters. The number of rotatable bonds is 6. The van der Waals surface area contributed by atoms with Crippen molar-refractivity contribution in [3.05, 3.63) is 46.8 Å². The molecule has 2 aromatic rings. The van der Waals surface area contributed by atoms with E-state index in [9.17, 15) is 14.4 Å². The Kier molecular flexibility index (Phi) is 6.54. The first-order chi connectivity index (χ1) is 14.3. The standard InChI is InChI=1S/C22H29N5O3/c1-15-20(21(24-26(15)4)22(30)25(2)3)23-18(28)10-7-11-19(29)27-13-12-16-8-5-6-9-17(16)14-27/h5-6,8-9H,7,10-14H2,1-4H3,(H,23,28). The fourth-order valence-corrected chi connectivity index (χ4v) is 3.59. The molecule has 160 valence electrons. The number of carbonyl (C=O) groups excluding carboxylic acids is 3. The molecule has 0 aliphatic carbocycles. The number of hydrogen-bond acceptors (Lipinski definition) is 4. The Bertz CT molecular complexity index is 964. The Morgan fingerprint density at radius 2 is 1.83 bits per heavy atom. The maximum Gasteiger partial charge on any atom is 0.276 e. The van der Waals surface area contributed by atoms with Gasteiger partial charge >= 0.3 is 0 Å². The number of hydrogen-bond donors (Lipinski definition) is 1. The third kappa shape index (κ3) is 4.69. The van der Waals surface area contributed by atoms with Crippen molar-refractivity contribution in [3.63, 3.8) is 0 Å². The van der Waals surface area contributed by atoms with Crippen molar-refractivity contribution in [2.75, 3.05) is 26.0 Å². The van der Waals surface area contributed by atoms with Crippen LogP contribution in [0, 0.1) is 6.92 Å². The zero-order chi connectivity index (χ0) is 21.8. The first-order valence-corrected chi connectivity index (χ1v) is 10.2. The quantitative estimate of drug-likeness (QED) is 0.789. The van der Waals surface area contributed by atoms with Gasteiger partial charge in [-0.3, -0.25) is 19.1 Å². The average Bonchev–Trinajstić information content (AvgIpc) is 3.00. The number of nitrogens with one attached hydrogen (secondary N) is 1. The summed E-state index contributed by atoms with van der Waals surface area (Å²) in [7, 11) is 5.01. The molecule has 1 aromatic heterocycles. The highest BCUT2D eigenvalue weighted by atomic mass is 16.2. The fourth-order valence-electron chi connectivity index (χ4n) is 3.59. The summed E-state index contributed by atoms with van der Waals surface area (Å²) < 4.78 is 1.57. The average molecular weight is 412 g/mol. The van der Waals surface area contributed by atoms with E-state index in [2.05, 4.69) is 22.5 Å². The molecule has 8 heteroatoms. The summed E-state index contributed by atoms with van der Waals surface area (Å²) in [6.07, 6.45) is 1.86. The minimum atomic E-state index is -0.269. The first-order valence-electron chi connectivity index (χ1n) is 10.2. The van der Waals surface area contributed by atoms with Gasteiger partial charge in [0.25, 0.3) is 5.91 Å². The molecule has 0 bridgehead atoms. The number of carbonyl (C=O) groups is 3. The van der Waals surface area contributed by atoms with Crippen LogP contribution in [0.4, 0.5) is 5.69 Å². The van der Waals surface area contributed by atoms with E-state index in [1.165, 1.54) is 16.0 Å². The van der Waals surface area contributed by atoms with E-state index in [1.807, 2.05) is 17.0 Å². The molecule has 3 amide bonds. The lowest BCUT2D eigenvalue weighted by Crippen LogP contribution is -2.35. The second-order valence-electron chi connectivity index (χ2n) is 7.87. The van der Waals surface area contributed by atoms with E-state index in [1.54, 1.807) is 32.7 Å². The summed E-state index contributed by atoms with van der Waals surface area (Å²) in [6.45, 7) is 3.14. The first kappa shape index (κ1) is 21.5. The second-order valence-corrected chi connectivity index (χ2v) is 7.87. The van der Waals surface area contributed by atoms with Crippen LogP contribution in [-0.4, -0.2) is 57.9 Å². The molecule has 0 saturated carbocycles. The Hall–Kier alpha value is -3.16. The topological polar surface area (TPSA) is 87.5 Å². The number of aromatic nitrogens is 2. The van der Waals surface area contributed by atoms with Crippen LogP contribution in [0.25, 0.3) is 0 Å². The molecular formula is C22H29N5O3. The highest BCUT2D eigenvalue weighted by Crippen LogP contribution is 2.22. The van der Waals surface area contributed by atoms with E-state index in [0.717, 1.165) is 6.42 Å². The summed E-state index contributed by atoms with van der Waals surface area (Å²) in [5.74, 6) is -0.427. The van der Waals surface area contributed by atoms with Gasteiger partial charge in [0.05, 0.1) is 11.4 Å². The number of anilines is 1. The van der Waals surface area contributed by atoms with Gasteiger partial charge in [-0.15, -0.1) is 0 Å². The minimum absolute atomic E-state index is 0.0679. The van der Waals surface area contributed by atoms with Crippen molar-refractivity contribution in [3.8, 4) is 0 Å². The second kappa shape index (κ2) is 9.11. The van der Waals surface area contributed by atoms with Crippen molar-refractivity contribution < 1.29 is 14.4 Å². The summed E-state index contributed by atoms with van der Waals surface area (Å²) in [4.78, 5) is 40.6. The van der Waals surface area contributed by atoms with Gasteiger partial charge in [-0.2, -0.15) is 5.10 Å². The lowest BCUT2D eigenvalue weighted by Gasteiger charge is -2.29. The third-order valence-electron chi connectivity index (χ3n) is 5.49. The number of aryl methyl sites for hydroxylation is 1. The summed E-state index contributed by atoms with van der Waals surface area (Å²) in [5.41, 5.74) is 3.85. The third-order valence-corrected chi connectivity index (χ3v) is 5.49. The molecule has 2 heterocycles. The smallest absolute Gasteiger partial charge is 0.276 e. The summed E-state index contributed by atoms with van der Waals surface area (Å²) in [6, 6.07) is 8.19. The molecule has 3 rings (SSSR count). The Balaban J connectivity index is 1.52. The van der Waals surface area contributed by atoms with Crippen molar-refractivity contribution >= 4 is 23.4 Å². The van der Waals surface area contributed by atoms with Gasteiger partial charge < -0.3 is 15.1 Å². The maximum atomic E-state index is 12.6. The molecule has 1 aromatic carbocycles. The van der Waals surface area contributed by atoms with E-state index < -0.39 is 0 Å². The van der Waals surface area contributed by atoms with Crippen molar-refractivity contribution in [2.45, 2.75) is 39.2 Å². The predicted octanol–water partition coefficient (Wildman–Crippen LogP) is 2.12. The van der Waals surface area contributed by atoms with Gasteiger partial charge in [-0.25, -0.2) is 0 Å². The molecule has 1 N–H and O–H groups in total. The molecule has 30 heavy (non-hydrogen) atoms. The molecule has 0 atom stereocenters. The normalized spacial score (nSPS) is 13.0. The predicted molar refractivity (Wildman–Crippen MR) is 114 cm³/mol. The monoisotopic (exact) mass is 411 g/mol. The zero-order valence-electron chi connectivity index (χ0n) is 18.1. The van der Waals surface area contributed by atoms with Gasteiger partial charge in [0.1, 0.15) is 0 Å². The highest BCUT2D eigenvalue weighted by molar-refractivity contribution is 6.02. The largest absolute Gasteiger partial charge is 0.343 e. The summed E-state index contributed by atoms with van der Waals surface area (Å²) in [5, 5.41) is 7.03. The van der Waals surface area contributed by atoms with Crippen LogP contribution < -0.4 is 5.32 Å². The maximum absolute atomic E-state index is 12.6. The van der Waals surface area contributed by atoms with Crippen LogP contribution in [-0.2, 0) is 29.6 Å². The zero-order valence-corrected chi connectivity index (χ0v) is 18.1. The van der Waals surface area contributed by atoms with E-state index >= 15 is 0 Å². The molecule has 0 spiro atoms. The fraction of sp³-hybridized carbons (Fsp3) is 0.455. The number of benzene rings is 1. The van der Waals surface area contributed by atoms with Gasteiger partial charge in [0.15, 0.2) is 5.69 Å². The van der Waals surface area contributed by atoms with E-state index in [-0.39, 0.29) is 29.8 Å². The molecular weight excluding hydrogens is 382 g/mol. The Morgan fingerprint density at radius 3 is 2.53 bits per heavy atom. The molecule has 1 aliphatic heterocycles. The molecule has 0 fully saturated rings. The van der Waals surface area contributed by atoms with E-state index in [4.69, 9.17) is 0 Å². The minimum Gasteiger partial charge on any atom is -0.343 e. The number of fused-ring (bicyclic) bond motifs is 1. The van der Waals surface area contributed by atoms with Crippen LogP contribution in [0.1, 0.15) is 46.6 Å². The Morgan fingerprint density at radius 1 is 1.13 bits per heavy atom. The highest BCUT2D eigenvalue weighted by Gasteiger charge is 2.23. The van der Waals surface area contributed by atoms with Crippen LogP contribution in [0.2, 0.25) is 0 Å². The molecule has 0 saturated heterocycles. The van der Waals surface area contributed by atoms with Crippen LogP contribution >= 0.6 is 0 Å². The van der Waals surface area contributed by atoms with Crippen LogP contribution in [0.5, 0.6) is 0 Å².